The monoisotopic (exact) mass is 311 g/mol. The molecule has 1 N–H and O–H groups in total. The average molecular weight is 313 g/mol. The maximum absolute atomic E-state index is 10.8. The van der Waals surface area contributed by atoms with Crippen LogP contribution in [0, 0.1) is 0 Å². The molecule has 1 heterocycles. The van der Waals surface area contributed by atoms with E-state index in [9.17, 15) is 14.4 Å². The van der Waals surface area contributed by atoms with Gasteiger partial charge in [0.25, 0.3) is 0 Å². The van der Waals surface area contributed by atoms with Crippen LogP contribution in [0.2, 0.25) is 0 Å². The first-order valence-electron chi connectivity index (χ1n) is 2.34. The number of hydrogen-bond acceptors (Lipinski definition) is 3. The topological polar surface area (TPSA) is 76.9 Å². The molecule has 0 spiro atoms. The van der Waals surface area contributed by atoms with Crippen LogP contribution in [0.3, 0.4) is 0 Å². The lowest BCUT2D eigenvalue weighted by molar-refractivity contribution is 0.837. The maximum Gasteiger partial charge on any atom is 0.357 e. The molecule has 0 aliphatic carbocycles. The number of rotatable bonds is 0. The second-order valence-electron chi connectivity index (χ2n) is 1.58. The number of nitrogens with zero attached hydrogens (tertiary/aromatic N) is 2. The number of aromatic nitrogens is 3. The van der Waals surface area contributed by atoms with Gasteiger partial charge in [0.05, 0.1) is 32.3 Å². The zero-order chi connectivity index (χ0) is 8.59. The number of hydrogen-bond donors (Lipinski definition) is 1. The Labute approximate surface area is 98.4 Å². The fraction of sp³-hybridized carbons (Fsp3) is 0. The Morgan fingerprint density at radius 3 is 1.67 bits per heavy atom. The highest BCUT2D eigenvalue weighted by molar-refractivity contribution is 9.08. The predicted molar refractivity (Wildman–Crippen MR) is 52.8 cm³/mol. The summed E-state index contributed by atoms with van der Waals surface area (Å²) in [7, 11) is 0. The lowest BCUT2D eigenvalue weighted by atomic mass is 11.0. The summed E-state index contributed by atoms with van der Waals surface area (Å²) in [6.45, 7) is 0. The Balaban J connectivity index is 0.00000121. The molecular formula is C3H3Br2MgN3O3. The minimum atomic E-state index is -0.810. The lowest BCUT2D eigenvalue weighted by Crippen LogP contribution is -2.42. The van der Waals surface area contributed by atoms with E-state index in [1.54, 1.807) is 0 Å². The standard InChI is InChI=1S/C3HBr2N3O3.Mg.2H/c4-7-1(9)6-2(10)8(5)3(7)11;;;/h(H,6,9,10);;;. The van der Waals surface area contributed by atoms with Crippen LogP contribution in [-0.4, -0.2) is 35.2 Å². The highest BCUT2D eigenvalue weighted by Crippen LogP contribution is 1.77. The van der Waals surface area contributed by atoms with Crippen molar-refractivity contribution in [2.24, 2.45) is 0 Å². The third-order valence-corrected chi connectivity index (χ3v) is 2.16. The summed E-state index contributed by atoms with van der Waals surface area (Å²) in [5.41, 5.74) is -2.41. The first-order chi connectivity index (χ1) is 5.04. The van der Waals surface area contributed by atoms with Crippen LogP contribution in [0.25, 0.3) is 0 Å². The molecule has 0 radical (unpaired) electrons. The van der Waals surface area contributed by atoms with Crippen molar-refractivity contribution in [1.29, 1.82) is 0 Å². The van der Waals surface area contributed by atoms with E-state index in [4.69, 9.17) is 0 Å². The molecule has 1 aromatic rings. The molecule has 0 atom stereocenters. The van der Waals surface area contributed by atoms with E-state index in [2.05, 4.69) is 32.3 Å². The van der Waals surface area contributed by atoms with Crippen LogP contribution in [0.5, 0.6) is 0 Å². The van der Waals surface area contributed by atoms with Crippen molar-refractivity contribution < 1.29 is 0 Å². The van der Waals surface area contributed by atoms with Crippen molar-refractivity contribution in [3.63, 3.8) is 0 Å². The molecular weight excluding hydrogens is 310 g/mol. The highest BCUT2D eigenvalue weighted by atomic mass is 79.9. The van der Waals surface area contributed by atoms with Gasteiger partial charge in [0.15, 0.2) is 0 Å². The lowest BCUT2D eigenvalue weighted by Gasteiger charge is -1.92. The van der Waals surface area contributed by atoms with Gasteiger partial charge in [-0.1, -0.05) is 0 Å². The van der Waals surface area contributed by atoms with Gasteiger partial charge in [-0.3, -0.25) is 4.98 Å². The SMILES string of the molecule is O=c1[nH]c(=O)n(Br)c(=O)n1Br.[MgH2]. The number of nitrogens with one attached hydrogen (secondary N) is 1. The van der Waals surface area contributed by atoms with Gasteiger partial charge in [0, 0.05) is 0 Å². The minimum Gasteiger partial charge on any atom is -0.257 e. The molecule has 0 aliphatic heterocycles. The molecule has 64 valence electrons. The molecule has 0 fully saturated rings. The first kappa shape index (κ1) is 12.1. The summed E-state index contributed by atoms with van der Waals surface area (Å²) in [5, 5.41) is 0. The zero-order valence-corrected chi connectivity index (χ0v) is 8.05. The zero-order valence-electron chi connectivity index (χ0n) is 4.88. The van der Waals surface area contributed by atoms with Gasteiger partial charge < -0.3 is 0 Å². The Morgan fingerprint density at radius 1 is 1.00 bits per heavy atom. The molecule has 12 heavy (non-hydrogen) atoms. The van der Waals surface area contributed by atoms with Crippen LogP contribution in [0.4, 0.5) is 0 Å². The van der Waals surface area contributed by atoms with Gasteiger partial charge in [-0.05, 0) is 0 Å². The Hall–Kier alpha value is 0.136. The molecule has 0 aliphatic rings. The van der Waals surface area contributed by atoms with Crippen molar-refractivity contribution in [3.8, 4) is 0 Å². The van der Waals surface area contributed by atoms with E-state index < -0.39 is 17.1 Å². The molecule has 0 unspecified atom stereocenters. The number of H-pyrrole nitrogens is 1. The van der Waals surface area contributed by atoms with E-state index in [0.29, 0.717) is 7.19 Å². The number of aromatic amines is 1. The molecule has 9 heteroatoms. The van der Waals surface area contributed by atoms with Crippen LogP contribution >= 0.6 is 32.3 Å². The summed E-state index contributed by atoms with van der Waals surface area (Å²) >= 11 is 5.27. The van der Waals surface area contributed by atoms with Gasteiger partial charge in [-0.2, -0.15) is 7.19 Å². The Bertz CT molecular complexity index is 408. The third-order valence-electron chi connectivity index (χ3n) is 0.906. The maximum atomic E-state index is 10.8. The number of halogens is 2. The van der Waals surface area contributed by atoms with E-state index >= 15 is 0 Å². The second kappa shape index (κ2) is 4.39. The largest absolute Gasteiger partial charge is 0.357 e. The normalized spacial score (nSPS) is 9.17. The van der Waals surface area contributed by atoms with Crippen LogP contribution in [0.15, 0.2) is 14.4 Å². The summed E-state index contributed by atoms with van der Waals surface area (Å²) < 4.78 is 1.17. The highest BCUT2D eigenvalue weighted by Gasteiger charge is 2.03. The Kier molecular flexibility index (Phi) is 4.44. The first-order valence-corrected chi connectivity index (χ1v) is 3.76. The van der Waals surface area contributed by atoms with E-state index in [-0.39, 0.29) is 23.1 Å². The molecule has 1 aromatic heterocycles. The predicted octanol–water partition coefficient (Wildman–Crippen LogP) is -1.90. The van der Waals surface area contributed by atoms with Crippen molar-refractivity contribution >= 4 is 55.3 Å². The van der Waals surface area contributed by atoms with E-state index in [1.165, 1.54) is 0 Å². The van der Waals surface area contributed by atoms with E-state index in [1.807, 2.05) is 4.98 Å². The summed E-state index contributed by atoms with van der Waals surface area (Å²) in [5.74, 6) is 0. The van der Waals surface area contributed by atoms with Crippen molar-refractivity contribution in [2.75, 3.05) is 0 Å². The third kappa shape index (κ3) is 2.09. The van der Waals surface area contributed by atoms with Crippen LogP contribution in [-0.2, 0) is 0 Å². The van der Waals surface area contributed by atoms with Crippen molar-refractivity contribution in [2.45, 2.75) is 0 Å². The van der Waals surface area contributed by atoms with Gasteiger partial charge in [-0.25, -0.2) is 14.4 Å². The van der Waals surface area contributed by atoms with Gasteiger partial charge in [-0.15, -0.1) is 0 Å². The van der Waals surface area contributed by atoms with Crippen LogP contribution < -0.4 is 17.1 Å². The fourth-order valence-electron chi connectivity index (χ4n) is 0.440. The molecule has 0 saturated carbocycles. The summed E-state index contributed by atoms with van der Waals surface area (Å²) in [4.78, 5) is 34.0. The van der Waals surface area contributed by atoms with Gasteiger partial charge in [0.1, 0.15) is 0 Å². The molecule has 0 saturated heterocycles. The molecule has 6 nitrogen and oxygen atoms in total. The van der Waals surface area contributed by atoms with Gasteiger partial charge >= 0.3 is 40.1 Å². The van der Waals surface area contributed by atoms with Crippen molar-refractivity contribution in [1.82, 2.24) is 12.2 Å². The second-order valence-corrected chi connectivity index (χ2v) is 3.00. The van der Waals surface area contributed by atoms with E-state index in [0.717, 1.165) is 0 Å². The molecule has 1 rings (SSSR count). The fourth-order valence-corrected chi connectivity index (χ4v) is 1.15. The average Bonchev–Trinajstić information content (AvgIpc) is 1.97. The molecule has 0 aromatic carbocycles. The quantitative estimate of drug-likeness (QED) is 0.568. The van der Waals surface area contributed by atoms with Crippen molar-refractivity contribution in [3.05, 3.63) is 31.5 Å². The molecule has 0 bridgehead atoms. The Morgan fingerprint density at radius 2 is 1.33 bits per heavy atom. The summed E-state index contributed by atoms with van der Waals surface area (Å²) in [6, 6.07) is 0. The minimum absolute atomic E-state index is 0. The smallest absolute Gasteiger partial charge is 0.257 e. The van der Waals surface area contributed by atoms with Gasteiger partial charge in [0.2, 0.25) is 0 Å². The summed E-state index contributed by atoms with van der Waals surface area (Å²) in [6.07, 6.45) is 0. The van der Waals surface area contributed by atoms with Crippen LogP contribution in [0.1, 0.15) is 0 Å². The molecule has 0 amide bonds.